The van der Waals surface area contributed by atoms with E-state index in [1.165, 1.54) is 19.2 Å². The van der Waals surface area contributed by atoms with Gasteiger partial charge in [-0.25, -0.2) is 14.4 Å². The van der Waals surface area contributed by atoms with Crippen LogP contribution in [0.4, 0.5) is 23.4 Å². The maximum absolute atomic E-state index is 14.5. The van der Waals surface area contributed by atoms with Crippen LogP contribution in [0.2, 0.25) is 0 Å². The molecule has 2 aromatic carbocycles. The molecule has 3 rings (SSSR count). The van der Waals surface area contributed by atoms with Gasteiger partial charge in [0.05, 0.1) is 24.8 Å². The summed E-state index contributed by atoms with van der Waals surface area (Å²) >= 11 is 0. The Labute approximate surface area is 195 Å². The lowest BCUT2D eigenvalue weighted by molar-refractivity contribution is -0.140. The average Bonchev–Trinajstić information content (AvgIpc) is 2.76. The molecule has 3 aromatic rings. The number of fused-ring (bicyclic) bond motifs is 1. The first-order chi connectivity index (χ1) is 16.0. The highest BCUT2D eigenvalue weighted by Gasteiger charge is 2.34. The third-order valence-corrected chi connectivity index (χ3v) is 5.28. The SMILES string of the molecule is COCC(Oc1cc2c(NCc3cccc(C(F)(F)F)c3F)nc(C)nc2cc1OC)C(C)C. The van der Waals surface area contributed by atoms with Crippen molar-refractivity contribution in [2.24, 2.45) is 5.92 Å². The fourth-order valence-corrected chi connectivity index (χ4v) is 3.44. The lowest BCUT2D eigenvalue weighted by Gasteiger charge is -2.23. The summed E-state index contributed by atoms with van der Waals surface area (Å²) < 4.78 is 70.6. The molecule has 184 valence electrons. The number of aryl methyl sites for hydroxylation is 1. The fraction of sp³-hybridized carbons (Fsp3) is 0.417. The standard InChI is InChI=1S/C24H27F4N3O3/c1-13(2)21(12-32-4)34-20-9-16-18(10-19(20)33-5)30-14(3)31-23(16)29-11-15-7-6-8-17(22(15)25)24(26,27)28/h6-10,13,21H,11-12H2,1-5H3,(H,29,30,31). The largest absolute Gasteiger partial charge is 0.493 e. The molecule has 1 atom stereocenters. The van der Waals surface area contributed by atoms with Gasteiger partial charge in [0.2, 0.25) is 0 Å². The Kier molecular flexibility index (Phi) is 7.81. The monoisotopic (exact) mass is 481 g/mol. The van der Waals surface area contributed by atoms with Crippen molar-refractivity contribution in [2.45, 2.75) is 39.6 Å². The quantitative estimate of drug-likeness (QED) is 0.392. The number of aromatic nitrogens is 2. The first-order valence-corrected chi connectivity index (χ1v) is 10.7. The van der Waals surface area contributed by atoms with E-state index in [4.69, 9.17) is 14.2 Å². The van der Waals surface area contributed by atoms with Crippen molar-refractivity contribution in [2.75, 3.05) is 26.1 Å². The van der Waals surface area contributed by atoms with Crippen LogP contribution >= 0.6 is 0 Å². The predicted octanol–water partition coefficient (Wildman–Crippen LogP) is 5.77. The molecule has 0 aliphatic heterocycles. The molecule has 1 unspecified atom stereocenters. The fourth-order valence-electron chi connectivity index (χ4n) is 3.44. The second-order valence-corrected chi connectivity index (χ2v) is 8.13. The van der Waals surface area contributed by atoms with Gasteiger partial charge in [-0.1, -0.05) is 26.0 Å². The van der Waals surface area contributed by atoms with Gasteiger partial charge in [0.25, 0.3) is 0 Å². The van der Waals surface area contributed by atoms with Gasteiger partial charge in [-0.3, -0.25) is 0 Å². The summed E-state index contributed by atoms with van der Waals surface area (Å²) in [5, 5.41) is 3.50. The van der Waals surface area contributed by atoms with Crippen LogP contribution in [0.1, 0.15) is 30.8 Å². The van der Waals surface area contributed by atoms with E-state index in [0.29, 0.717) is 46.7 Å². The van der Waals surface area contributed by atoms with E-state index < -0.39 is 17.6 Å². The molecule has 1 N–H and O–H groups in total. The number of methoxy groups -OCH3 is 2. The lowest BCUT2D eigenvalue weighted by Crippen LogP contribution is -2.28. The first-order valence-electron chi connectivity index (χ1n) is 10.7. The van der Waals surface area contributed by atoms with E-state index in [9.17, 15) is 17.6 Å². The molecule has 1 heterocycles. The van der Waals surface area contributed by atoms with Crippen LogP contribution in [0.25, 0.3) is 10.9 Å². The Morgan fingerprint density at radius 1 is 1.06 bits per heavy atom. The topological polar surface area (TPSA) is 65.5 Å². The summed E-state index contributed by atoms with van der Waals surface area (Å²) in [6.07, 6.45) is -5.03. The molecule has 0 aliphatic carbocycles. The number of rotatable bonds is 9. The molecule has 0 radical (unpaired) electrons. The second-order valence-electron chi connectivity index (χ2n) is 8.13. The number of hydrogen-bond acceptors (Lipinski definition) is 6. The molecular formula is C24H27F4N3O3. The average molecular weight is 481 g/mol. The number of benzene rings is 2. The van der Waals surface area contributed by atoms with Crippen molar-refractivity contribution < 1.29 is 31.8 Å². The first kappa shape index (κ1) is 25.5. The van der Waals surface area contributed by atoms with Crippen LogP contribution < -0.4 is 14.8 Å². The van der Waals surface area contributed by atoms with Crippen molar-refractivity contribution in [1.29, 1.82) is 0 Å². The van der Waals surface area contributed by atoms with E-state index in [0.717, 1.165) is 0 Å². The molecule has 0 saturated carbocycles. The zero-order valence-electron chi connectivity index (χ0n) is 19.6. The molecule has 0 saturated heterocycles. The normalized spacial score (nSPS) is 12.8. The molecule has 0 aliphatic rings. The second kappa shape index (κ2) is 10.4. The highest BCUT2D eigenvalue weighted by molar-refractivity contribution is 5.91. The van der Waals surface area contributed by atoms with Crippen LogP contribution in [-0.4, -0.2) is 36.9 Å². The number of halogens is 4. The molecule has 0 fully saturated rings. The summed E-state index contributed by atoms with van der Waals surface area (Å²) in [5.41, 5.74) is -0.908. The number of anilines is 1. The van der Waals surface area contributed by atoms with Crippen LogP contribution in [0.15, 0.2) is 30.3 Å². The van der Waals surface area contributed by atoms with Gasteiger partial charge in [0.15, 0.2) is 11.5 Å². The molecule has 10 heteroatoms. The van der Waals surface area contributed by atoms with Gasteiger partial charge >= 0.3 is 6.18 Å². The number of ether oxygens (including phenoxy) is 3. The zero-order valence-corrected chi connectivity index (χ0v) is 19.6. The van der Waals surface area contributed by atoms with Crippen LogP contribution in [0.5, 0.6) is 11.5 Å². The minimum atomic E-state index is -4.78. The van der Waals surface area contributed by atoms with Crippen LogP contribution in [0.3, 0.4) is 0 Å². The van der Waals surface area contributed by atoms with Crippen molar-refractivity contribution in [1.82, 2.24) is 9.97 Å². The van der Waals surface area contributed by atoms with Crippen molar-refractivity contribution in [3.05, 3.63) is 53.1 Å². The van der Waals surface area contributed by atoms with E-state index in [-0.39, 0.29) is 24.1 Å². The summed E-state index contributed by atoms with van der Waals surface area (Å²) in [5.74, 6) is 0.488. The number of alkyl halides is 3. The van der Waals surface area contributed by atoms with Gasteiger partial charge < -0.3 is 19.5 Å². The third-order valence-electron chi connectivity index (χ3n) is 5.28. The predicted molar refractivity (Wildman–Crippen MR) is 121 cm³/mol. The van der Waals surface area contributed by atoms with Gasteiger partial charge in [0.1, 0.15) is 23.6 Å². The van der Waals surface area contributed by atoms with E-state index in [1.54, 1.807) is 26.2 Å². The van der Waals surface area contributed by atoms with E-state index in [2.05, 4.69) is 15.3 Å². The Morgan fingerprint density at radius 2 is 1.79 bits per heavy atom. The molecule has 34 heavy (non-hydrogen) atoms. The van der Waals surface area contributed by atoms with Gasteiger partial charge in [-0.2, -0.15) is 13.2 Å². The summed E-state index contributed by atoms with van der Waals surface area (Å²) in [6, 6.07) is 6.57. The van der Waals surface area contributed by atoms with Gasteiger partial charge in [-0.15, -0.1) is 0 Å². The Hall–Kier alpha value is -3.14. The van der Waals surface area contributed by atoms with Gasteiger partial charge in [-0.05, 0) is 25.0 Å². The highest BCUT2D eigenvalue weighted by Crippen LogP contribution is 2.36. The number of nitrogens with one attached hydrogen (secondary N) is 1. The van der Waals surface area contributed by atoms with Gasteiger partial charge in [0, 0.05) is 30.7 Å². The Bertz CT molecular complexity index is 1150. The van der Waals surface area contributed by atoms with Crippen molar-refractivity contribution in [3.8, 4) is 11.5 Å². The maximum Gasteiger partial charge on any atom is 0.419 e. The van der Waals surface area contributed by atoms with E-state index in [1.807, 2.05) is 13.8 Å². The molecule has 0 bridgehead atoms. The molecule has 0 amide bonds. The van der Waals surface area contributed by atoms with Crippen LogP contribution in [0, 0.1) is 18.7 Å². The maximum atomic E-state index is 14.5. The minimum absolute atomic E-state index is 0.135. The van der Waals surface area contributed by atoms with E-state index >= 15 is 0 Å². The van der Waals surface area contributed by atoms with Crippen LogP contribution in [-0.2, 0) is 17.5 Å². The third kappa shape index (κ3) is 5.67. The number of nitrogens with zero attached hydrogens (tertiary/aromatic N) is 2. The minimum Gasteiger partial charge on any atom is -0.493 e. The van der Waals surface area contributed by atoms with Crippen molar-refractivity contribution >= 4 is 16.7 Å². The molecule has 0 spiro atoms. The summed E-state index contributed by atoms with van der Waals surface area (Å²) in [4.78, 5) is 8.80. The smallest absolute Gasteiger partial charge is 0.419 e. The summed E-state index contributed by atoms with van der Waals surface area (Å²) in [7, 11) is 3.10. The summed E-state index contributed by atoms with van der Waals surface area (Å²) in [6.45, 7) is 5.84. The number of hydrogen-bond donors (Lipinski definition) is 1. The Morgan fingerprint density at radius 3 is 2.41 bits per heavy atom. The van der Waals surface area contributed by atoms with Crippen molar-refractivity contribution in [3.63, 3.8) is 0 Å². The molecule has 1 aromatic heterocycles. The highest BCUT2D eigenvalue weighted by atomic mass is 19.4. The molecule has 6 nitrogen and oxygen atoms in total. The Balaban J connectivity index is 2.00. The zero-order chi connectivity index (χ0) is 25.0. The molecular weight excluding hydrogens is 454 g/mol. The lowest BCUT2D eigenvalue weighted by atomic mass is 10.1.